The van der Waals surface area contributed by atoms with Crippen molar-refractivity contribution in [3.05, 3.63) is 46.9 Å². The first kappa shape index (κ1) is 25.3. The van der Waals surface area contributed by atoms with Crippen LogP contribution in [0.15, 0.2) is 41.3 Å². The van der Waals surface area contributed by atoms with Gasteiger partial charge in [-0.1, -0.05) is 32.0 Å². The van der Waals surface area contributed by atoms with Crippen LogP contribution in [0.2, 0.25) is 0 Å². The summed E-state index contributed by atoms with van der Waals surface area (Å²) < 4.78 is 6.45. The molecule has 2 aromatic carbocycles. The highest BCUT2D eigenvalue weighted by molar-refractivity contribution is 7.98. The number of benzene rings is 2. The zero-order valence-corrected chi connectivity index (χ0v) is 21.1. The zero-order chi connectivity index (χ0) is 23.1. The van der Waals surface area contributed by atoms with Gasteiger partial charge in [-0.05, 0) is 74.2 Å². The Bertz CT molecular complexity index is 932. The minimum atomic E-state index is -0.201. The lowest BCUT2D eigenvalue weighted by molar-refractivity contribution is -0.778. The highest BCUT2D eigenvalue weighted by Crippen LogP contribution is 2.30. The molecule has 31 heavy (non-hydrogen) atoms. The fourth-order valence-corrected chi connectivity index (χ4v) is 4.19. The number of hydrogen-bond donors (Lipinski definition) is 0. The Hall–Kier alpha value is -2.00. The third-order valence-electron chi connectivity index (χ3n) is 4.76. The minimum Gasteiger partial charge on any atom is -0.372 e. The third kappa shape index (κ3) is 8.22. The molecule has 2 aromatic rings. The highest BCUT2D eigenvalue weighted by atomic mass is 32.2. The Morgan fingerprint density at radius 1 is 1.06 bits per heavy atom. The van der Waals surface area contributed by atoms with Crippen LogP contribution in [0, 0.1) is 11.3 Å². The number of ether oxygens (including phenoxy) is 1. The summed E-state index contributed by atoms with van der Waals surface area (Å²) in [7, 11) is 4.11. The molecule has 0 saturated heterocycles. The smallest absolute Gasteiger partial charge is 0.194 e. The van der Waals surface area contributed by atoms with Crippen molar-refractivity contribution >= 4 is 34.5 Å². The standard InChI is InChI=1S/C26H38N3OS/c1-8-14-28(15-9-2)24-13-12-22-16-21(10-11-23(22)18-24)17-25(19-27)31-29(6,7)20-30-26(3,4)5/h10-13,16-18H,8-9,14-15,20H2,1-7H3/q+1/b25-17+. The number of quaternary nitrogens is 1. The second kappa shape index (κ2) is 11.0. The van der Waals surface area contributed by atoms with Gasteiger partial charge in [0.15, 0.2) is 6.73 Å². The second-order valence-corrected chi connectivity index (χ2v) is 11.1. The third-order valence-corrected chi connectivity index (χ3v) is 5.77. The van der Waals surface area contributed by atoms with E-state index in [1.807, 2.05) is 26.8 Å². The number of anilines is 1. The van der Waals surface area contributed by atoms with Crippen LogP contribution >= 0.6 is 11.9 Å². The van der Waals surface area contributed by atoms with Crippen LogP contribution in [-0.2, 0) is 4.74 Å². The van der Waals surface area contributed by atoms with Gasteiger partial charge in [-0.2, -0.15) is 5.26 Å². The number of fused-ring (bicyclic) bond motifs is 1. The van der Waals surface area contributed by atoms with Gasteiger partial charge in [0, 0.05) is 18.8 Å². The van der Waals surface area contributed by atoms with Gasteiger partial charge in [0.05, 0.1) is 19.7 Å². The first-order valence-corrected chi connectivity index (χ1v) is 11.9. The fraction of sp³-hybridized carbons (Fsp3) is 0.500. The van der Waals surface area contributed by atoms with E-state index in [0.29, 0.717) is 15.5 Å². The highest BCUT2D eigenvalue weighted by Gasteiger charge is 2.24. The van der Waals surface area contributed by atoms with Gasteiger partial charge in [0.2, 0.25) is 0 Å². The number of hydrogen-bond acceptors (Lipinski definition) is 4. The van der Waals surface area contributed by atoms with Crippen molar-refractivity contribution in [1.29, 1.82) is 5.26 Å². The summed E-state index contributed by atoms with van der Waals surface area (Å²) in [6, 6.07) is 15.4. The average Bonchev–Trinajstić information content (AvgIpc) is 2.71. The predicted molar refractivity (Wildman–Crippen MR) is 136 cm³/mol. The van der Waals surface area contributed by atoms with Gasteiger partial charge in [-0.3, -0.25) is 0 Å². The van der Waals surface area contributed by atoms with Gasteiger partial charge < -0.3 is 9.64 Å². The van der Waals surface area contributed by atoms with Crippen molar-refractivity contribution in [3.8, 4) is 6.07 Å². The molecular weight excluding hydrogens is 402 g/mol. The molecule has 0 aliphatic heterocycles. The molecule has 0 spiro atoms. The Balaban J connectivity index is 2.22. The van der Waals surface area contributed by atoms with Gasteiger partial charge in [0.1, 0.15) is 22.9 Å². The molecule has 168 valence electrons. The van der Waals surface area contributed by atoms with Gasteiger partial charge in [-0.15, -0.1) is 0 Å². The summed E-state index contributed by atoms with van der Waals surface area (Å²) in [6.07, 6.45) is 4.26. The molecule has 0 fully saturated rings. The number of allylic oxidation sites excluding steroid dienone is 1. The molecule has 0 aliphatic carbocycles. The van der Waals surface area contributed by atoms with Crippen LogP contribution in [0.25, 0.3) is 16.8 Å². The summed E-state index contributed by atoms with van der Waals surface area (Å²) in [4.78, 5) is 3.13. The molecule has 0 saturated carbocycles. The minimum absolute atomic E-state index is 0.201. The summed E-state index contributed by atoms with van der Waals surface area (Å²) in [5, 5.41) is 12.1. The Kier molecular flexibility index (Phi) is 9.00. The summed E-state index contributed by atoms with van der Waals surface area (Å²) in [5.41, 5.74) is 2.12. The van der Waals surface area contributed by atoms with Crippen LogP contribution in [0.4, 0.5) is 5.69 Å². The molecule has 0 aromatic heterocycles. The van der Waals surface area contributed by atoms with Crippen LogP contribution in [0.1, 0.15) is 53.0 Å². The van der Waals surface area contributed by atoms with Crippen molar-refractivity contribution in [3.63, 3.8) is 0 Å². The van der Waals surface area contributed by atoms with Crippen LogP contribution in [0.3, 0.4) is 0 Å². The maximum absolute atomic E-state index is 9.70. The zero-order valence-electron chi connectivity index (χ0n) is 20.2. The van der Waals surface area contributed by atoms with Crippen molar-refractivity contribution in [1.82, 2.24) is 0 Å². The lowest BCUT2D eigenvalue weighted by Gasteiger charge is -2.30. The molecule has 0 unspecified atom stereocenters. The molecule has 2 rings (SSSR count). The van der Waals surface area contributed by atoms with Gasteiger partial charge in [0.25, 0.3) is 0 Å². The van der Waals surface area contributed by atoms with Crippen LogP contribution in [0.5, 0.6) is 0 Å². The van der Waals surface area contributed by atoms with E-state index >= 15 is 0 Å². The summed E-state index contributed by atoms with van der Waals surface area (Å²) >= 11 is 1.51. The van der Waals surface area contributed by atoms with Crippen molar-refractivity contribution in [2.24, 2.45) is 0 Å². The van der Waals surface area contributed by atoms with Crippen molar-refractivity contribution in [2.75, 3.05) is 38.8 Å². The SMILES string of the molecule is CCCN(CCC)c1ccc2cc(/C=C(\C#N)S[N+](C)(C)COC(C)(C)C)ccc2c1. The van der Waals surface area contributed by atoms with E-state index in [4.69, 9.17) is 4.74 Å². The molecule has 0 amide bonds. The lowest BCUT2D eigenvalue weighted by atomic mass is 10.1. The molecule has 0 aliphatic rings. The molecular formula is C26H38N3OS+. The molecule has 0 radical (unpaired) electrons. The van der Waals surface area contributed by atoms with E-state index in [0.717, 1.165) is 31.5 Å². The maximum Gasteiger partial charge on any atom is 0.194 e. The topological polar surface area (TPSA) is 36.3 Å². The van der Waals surface area contributed by atoms with Crippen LogP contribution in [-0.4, -0.2) is 43.4 Å². The van der Waals surface area contributed by atoms with E-state index in [1.54, 1.807) is 0 Å². The molecule has 0 heterocycles. The average molecular weight is 441 g/mol. The Morgan fingerprint density at radius 3 is 2.26 bits per heavy atom. The Morgan fingerprint density at radius 2 is 1.68 bits per heavy atom. The van der Waals surface area contributed by atoms with Crippen molar-refractivity contribution in [2.45, 2.75) is 53.1 Å². The van der Waals surface area contributed by atoms with E-state index in [-0.39, 0.29) is 5.60 Å². The van der Waals surface area contributed by atoms with Gasteiger partial charge >= 0.3 is 0 Å². The molecule has 0 bridgehead atoms. The quantitative estimate of drug-likeness (QED) is 0.176. The van der Waals surface area contributed by atoms with Gasteiger partial charge in [-0.25, -0.2) is 3.89 Å². The molecule has 5 heteroatoms. The van der Waals surface area contributed by atoms with E-state index in [1.165, 1.54) is 28.4 Å². The number of nitriles is 1. The number of rotatable bonds is 10. The van der Waals surface area contributed by atoms with E-state index in [9.17, 15) is 5.26 Å². The van der Waals surface area contributed by atoms with E-state index in [2.05, 4.69) is 75.3 Å². The van der Waals surface area contributed by atoms with Crippen molar-refractivity contribution < 1.29 is 8.63 Å². The van der Waals surface area contributed by atoms with E-state index < -0.39 is 0 Å². The normalized spacial score (nSPS) is 12.8. The largest absolute Gasteiger partial charge is 0.372 e. The predicted octanol–water partition coefficient (Wildman–Crippen LogP) is 6.83. The summed E-state index contributed by atoms with van der Waals surface area (Å²) in [5.74, 6) is 0. The van der Waals surface area contributed by atoms with Crippen LogP contribution < -0.4 is 4.90 Å². The first-order valence-electron chi connectivity index (χ1n) is 11.1. The monoisotopic (exact) mass is 440 g/mol. The fourth-order valence-electron chi connectivity index (χ4n) is 3.32. The first-order chi connectivity index (χ1) is 14.6. The number of nitrogens with zero attached hydrogens (tertiary/aromatic N) is 3. The molecule has 0 atom stereocenters. The maximum atomic E-state index is 9.70. The summed E-state index contributed by atoms with van der Waals surface area (Å²) in [6.45, 7) is 13.3. The molecule has 0 N–H and O–H groups in total. The Labute approximate surface area is 193 Å². The molecule has 4 nitrogen and oxygen atoms in total. The second-order valence-electron chi connectivity index (χ2n) is 9.45. The lowest BCUT2D eigenvalue weighted by Crippen LogP contribution is -2.38.